The first-order valence-corrected chi connectivity index (χ1v) is 7.11. The number of nitrogens with two attached hydrogens (primary N) is 1. The SMILES string of the molecule is Cc1ccc(C(CN)C(O)c2ccc(C)cc2Cl)cc1. The largest absolute Gasteiger partial charge is 0.388 e. The predicted octanol–water partition coefficient (Wildman–Crippen LogP) is 3.73. The lowest BCUT2D eigenvalue weighted by Crippen LogP contribution is -2.20. The van der Waals surface area contributed by atoms with Crippen LogP contribution in [0.25, 0.3) is 0 Å². The highest BCUT2D eigenvalue weighted by Gasteiger charge is 2.23. The zero-order valence-electron chi connectivity index (χ0n) is 11.8. The number of benzene rings is 2. The van der Waals surface area contributed by atoms with Gasteiger partial charge in [-0.25, -0.2) is 0 Å². The van der Waals surface area contributed by atoms with Gasteiger partial charge in [0.25, 0.3) is 0 Å². The van der Waals surface area contributed by atoms with Gasteiger partial charge in [0.15, 0.2) is 0 Å². The van der Waals surface area contributed by atoms with Crippen molar-refractivity contribution in [2.75, 3.05) is 6.54 Å². The Balaban J connectivity index is 2.33. The maximum absolute atomic E-state index is 10.6. The van der Waals surface area contributed by atoms with E-state index in [9.17, 15) is 5.11 Å². The Morgan fingerprint density at radius 3 is 2.20 bits per heavy atom. The molecule has 2 atom stereocenters. The van der Waals surface area contributed by atoms with E-state index in [1.54, 1.807) is 0 Å². The molecule has 3 heteroatoms. The molecule has 2 aromatic rings. The molecule has 0 bridgehead atoms. The van der Waals surface area contributed by atoms with Gasteiger partial charge in [-0.15, -0.1) is 0 Å². The maximum Gasteiger partial charge on any atom is 0.0885 e. The van der Waals surface area contributed by atoms with Gasteiger partial charge in [0.2, 0.25) is 0 Å². The van der Waals surface area contributed by atoms with Gasteiger partial charge in [-0.2, -0.15) is 0 Å². The van der Waals surface area contributed by atoms with Gasteiger partial charge in [0.05, 0.1) is 6.10 Å². The zero-order chi connectivity index (χ0) is 14.7. The molecule has 0 spiro atoms. The Morgan fingerprint density at radius 1 is 1.05 bits per heavy atom. The van der Waals surface area contributed by atoms with Crippen molar-refractivity contribution < 1.29 is 5.11 Å². The minimum atomic E-state index is -0.698. The molecule has 0 saturated heterocycles. The fraction of sp³-hybridized carbons (Fsp3) is 0.294. The molecule has 2 nitrogen and oxygen atoms in total. The molecule has 0 aromatic heterocycles. The summed E-state index contributed by atoms with van der Waals surface area (Å²) >= 11 is 6.24. The summed E-state index contributed by atoms with van der Waals surface area (Å²) in [5.74, 6) is -0.157. The summed E-state index contributed by atoms with van der Waals surface area (Å²) in [6.07, 6.45) is -0.698. The van der Waals surface area contributed by atoms with Crippen LogP contribution in [0.1, 0.15) is 34.3 Å². The number of halogens is 1. The van der Waals surface area contributed by atoms with Crippen LogP contribution in [0.4, 0.5) is 0 Å². The van der Waals surface area contributed by atoms with E-state index in [-0.39, 0.29) is 5.92 Å². The first kappa shape index (κ1) is 15.0. The number of aliphatic hydroxyl groups is 1. The highest BCUT2D eigenvalue weighted by molar-refractivity contribution is 6.31. The van der Waals surface area contributed by atoms with Crippen molar-refractivity contribution in [1.29, 1.82) is 0 Å². The first-order valence-electron chi connectivity index (χ1n) is 6.73. The summed E-state index contributed by atoms with van der Waals surface area (Å²) in [6, 6.07) is 13.8. The van der Waals surface area contributed by atoms with Crippen LogP contribution in [0.2, 0.25) is 5.02 Å². The molecule has 0 aliphatic heterocycles. The first-order chi connectivity index (χ1) is 9.52. The van der Waals surface area contributed by atoms with Crippen molar-refractivity contribution in [3.63, 3.8) is 0 Å². The Morgan fingerprint density at radius 2 is 1.65 bits per heavy atom. The van der Waals surface area contributed by atoms with Crippen LogP contribution >= 0.6 is 11.6 Å². The van der Waals surface area contributed by atoms with Crippen LogP contribution in [-0.2, 0) is 0 Å². The van der Waals surface area contributed by atoms with Gasteiger partial charge in [-0.1, -0.05) is 53.6 Å². The predicted molar refractivity (Wildman–Crippen MR) is 84.1 cm³/mol. The Kier molecular flexibility index (Phi) is 4.81. The van der Waals surface area contributed by atoms with Gasteiger partial charge in [-0.3, -0.25) is 0 Å². The lowest BCUT2D eigenvalue weighted by molar-refractivity contribution is 0.147. The lowest BCUT2D eigenvalue weighted by Gasteiger charge is -2.23. The molecule has 3 N–H and O–H groups in total. The van der Waals surface area contributed by atoms with E-state index in [4.69, 9.17) is 17.3 Å². The average molecular weight is 290 g/mol. The highest BCUT2D eigenvalue weighted by atomic mass is 35.5. The smallest absolute Gasteiger partial charge is 0.0885 e. The minimum absolute atomic E-state index is 0.157. The molecule has 2 unspecified atom stereocenters. The number of aliphatic hydroxyl groups excluding tert-OH is 1. The maximum atomic E-state index is 10.6. The van der Waals surface area contributed by atoms with Crippen molar-refractivity contribution in [3.8, 4) is 0 Å². The van der Waals surface area contributed by atoms with Crippen molar-refractivity contribution in [3.05, 3.63) is 69.7 Å². The van der Waals surface area contributed by atoms with Gasteiger partial charge in [0.1, 0.15) is 0 Å². The van der Waals surface area contributed by atoms with E-state index in [0.717, 1.165) is 16.7 Å². The topological polar surface area (TPSA) is 46.2 Å². The van der Waals surface area contributed by atoms with Gasteiger partial charge in [0, 0.05) is 17.5 Å². The van der Waals surface area contributed by atoms with Crippen molar-refractivity contribution in [2.45, 2.75) is 25.9 Å². The molecule has 0 radical (unpaired) electrons. The third-order valence-corrected chi connectivity index (χ3v) is 3.94. The van der Waals surface area contributed by atoms with Crippen molar-refractivity contribution in [2.24, 2.45) is 5.73 Å². The third-order valence-electron chi connectivity index (χ3n) is 3.62. The molecule has 0 saturated carbocycles. The van der Waals surface area contributed by atoms with Crippen LogP contribution in [0, 0.1) is 13.8 Å². The monoisotopic (exact) mass is 289 g/mol. The summed E-state index contributed by atoms with van der Waals surface area (Å²) in [5.41, 5.74) is 9.88. The fourth-order valence-electron chi connectivity index (χ4n) is 2.35. The number of aryl methyl sites for hydroxylation is 2. The molecule has 0 aliphatic rings. The zero-order valence-corrected chi connectivity index (χ0v) is 12.6. The number of rotatable bonds is 4. The van der Waals surface area contributed by atoms with E-state index >= 15 is 0 Å². The molecule has 20 heavy (non-hydrogen) atoms. The molecule has 106 valence electrons. The van der Waals surface area contributed by atoms with Gasteiger partial charge < -0.3 is 10.8 Å². The standard InChI is InChI=1S/C17H20ClNO/c1-11-3-6-13(7-4-11)15(10-19)17(20)14-8-5-12(2)9-16(14)18/h3-9,15,17,20H,10,19H2,1-2H3. The van der Waals surface area contributed by atoms with E-state index < -0.39 is 6.10 Å². The minimum Gasteiger partial charge on any atom is -0.388 e. The molecule has 2 aromatic carbocycles. The number of hydrogen-bond donors (Lipinski definition) is 2. The van der Waals surface area contributed by atoms with Crippen molar-refractivity contribution in [1.82, 2.24) is 0 Å². The van der Waals surface area contributed by atoms with E-state index in [0.29, 0.717) is 11.6 Å². The molecule has 0 amide bonds. The fourth-order valence-corrected chi connectivity index (χ4v) is 2.70. The summed E-state index contributed by atoms with van der Waals surface area (Å²) in [4.78, 5) is 0. The third kappa shape index (κ3) is 3.21. The lowest BCUT2D eigenvalue weighted by atomic mass is 9.88. The van der Waals surface area contributed by atoms with Crippen LogP contribution in [-0.4, -0.2) is 11.7 Å². The second-order valence-electron chi connectivity index (χ2n) is 5.22. The normalized spacial score (nSPS) is 14.1. The molecule has 0 fully saturated rings. The Labute approximate surface area is 125 Å². The van der Waals surface area contributed by atoms with Crippen molar-refractivity contribution >= 4 is 11.6 Å². The Bertz CT molecular complexity index is 580. The quantitative estimate of drug-likeness (QED) is 0.901. The van der Waals surface area contributed by atoms with Gasteiger partial charge in [-0.05, 0) is 36.6 Å². The molecule has 2 rings (SSSR count). The highest BCUT2D eigenvalue weighted by Crippen LogP contribution is 2.34. The van der Waals surface area contributed by atoms with Crippen LogP contribution in [0.3, 0.4) is 0 Å². The second-order valence-corrected chi connectivity index (χ2v) is 5.63. The average Bonchev–Trinajstić information content (AvgIpc) is 2.41. The second kappa shape index (κ2) is 6.40. The van der Waals surface area contributed by atoms with Crippen LogP contribution < -0.4 is 5.73 Å². The Hall–Kier alpha value is -1.35. The molecule has 0 heterocycles. The molecular weight excluding hydrogens is 270 g/mol. The summed E-state index contributed by atoms with van der Waals surface area (Å²) < 4.78 is 0. The van der Waals surface area contributed by atoms with Crippen LogP contribution in [0.15, 0.2) is 42.5 Å². The molecule has 0 aliphatic carbocycles. The van der Waals surface area contributed by atoms with Gasteiger partial charge >= 0.3 is 0 Å². The van der Waals surface area contributed by atoms with Crippen LogP contribution in [0.5, 0.6) is 0 Å². The van der Waals surface area contributed by atoms with E-state index in [1.807, 2.05) is 56.3 Å². The van der Waals surface area contributed by atoms with E-state index in [2.05, 4.69) is 0 Å². The summed E-state index contributed by atoms with van der Waals surface area (Å²) in [7, 11) is 0. The number of hydrogen-bond acceptors (Lipinski definition) is 2. The van der Waals surface area contributed by atoms with E-state index in [1.165, 1.54) is 5.56 Å². The molecular formula is C17H20ClNO. The summed E-state index contributed by atoms with van der Waals surface area (Å²) in [5, 5.41) is 11.2. The summed E-state index contributed by atoms with van der Waals surface area (Å²) in [6.45, 7) is 4.38.